The van der Waals surface area contributed by atoms with Crippen LogP contribution >= 0.6 is 0 Å². The van der Waals surface area contributed by atoms with Gasteiger partial charge in [0.25, 0.3) is 0 Å². The predicted molar refractivity (Wildman–Crippen MR) is 90.0 cm³/mol. The molecule has 3 aromatic rings. The van der Waals surface area contributed by atoms with E-state index in [0.29, 0.717) is 17.7 Å². The van der Waals surface area contributed by atoms with Crippen LogP contribution in [0.25, 0.3) is 0 Å². The second-order valence-electron chi connectivity index (χ2n) is 5.21. The number of nitrogens with one attached hydrogen (secondary N) is 1. The first kappa shape index (κ1) is 15.4. The number of carbonyl (C=O) groups is 1. The van der Waals surface area contributed by atoms with Gasteiger partial charge in [-0.05, 0) is 34.2 Å². The smallest absolute Gasteiger partial charge is 0.249 e. The van der Waals surface area contributed by atoms with Crippen molar-refractivity contribution in [1.82, 2.24) is 20.2 Å². The molecule has 6 heteroatoms. The third-order valence-corrected chi connectivity index (χ3v) is 3.56. The molecule has 3 rings (SSSR count). The van der Waals surface area contributed by atoms with Gasteiger partial charge < -0.3 is 5.32 Å². The number of nitrogens with zero attached hydrogens (tertiary/aromatic N) is 4. The van der Waals surface area contributed by atoms with Crippen LogP contribution in [0.1, 0.15) is 17.2 Å². The van der Waals surface area contributed by atoms with Crippen molar-refractivity contribution in [3.63, 3.8) is 0 Å². The Balaban J connectivity index is 1.82. The highest BCUT2D eigenvalue weighted by molar-refractivity contribution is 5.94. The maximum Gasteiger partial charge on any atom is 0.249 e. The van der Waals surface area contributed by atoms with Crippen molar-refractivity contribution in [1.29, 1.82) is 0 Å². The summed E-state index contributed by atoms with van der Waals surface area (Å²) in [6, 6.07) is 16.3. The molecule has 0 aliphatic rings. The molecule has 24 heavy (non-hydrogen) atoms. The molecule has 0 fully saturated rings. The molecule has 1 unspecified atom stereocenters. The Hall–Kier alpha value is -3.46. The van der Waals surface area contributed by atoms with E-state index in [4.69, 9.17) is 6.42 Å². The largest absolute Gasteiger partial charge is 0.324 e. The zero-order chi connectivity index (χ0) is 16.8. The number of carbonyl (C=O) groups excluding carboxylic acids is 1. The van der Waals surface area contributed by atoms with Crippen LogP contribution < -0.4 is 5.32 Å². The van der Waals surface area contributed by atoms with Gasteiger partial charge in [-0.3, -0.25) is 4.79 Å². The monoisotopic (exact) mass is 317 g/mol. The van der Waals surface area contributed by atoms with Crippen molar-refractivity contribution >= 4 is 11.6 Å². The van der Waals surface area contributed by atoms with E-state index in [1.165, 1.54) is 11.0 Å². The highest BCUT2D eigenvalue weighted by Gasteiger charge is 2.22. The van der Waals surface area contributed by atoms with Crippen molar-refractivity contribution in [2.45, 2.75) is 12.5 Å². The average molecular weight is 317 g/mol. The lowest BCUT2D eigenvalue weighted by Crippen LogP contribution is -2.28. The summed E-state index contributed by atoms with van der Waals surface area (Å²) in [4.78, 5) is 12.7. The molecule has 1 amide bonds. The molecule has 1 atom stereocenters. The van der Waals surface area contributed by atoms with Gasteiger partial charge in [-0.2, -0.15) is 0 Å². The average Bonchev–Trinajstić information content (AvgIpc) is 3.15. The Bertz CT molecular complexity index is 853. The SMILES string of the molecule is C#Cc1cccc(NC(=O)C(Cc2ccccc2)n2cnnn2)c1. The van der Waals surface area contributed by atoms with Gasteiger partial charge in [0.05, 0.1) is 0 Å². The fourth-order valence-corrected chi connectivity index (χ4v) is 2.37. The maximum absolute atomic E-state index is 12.7. The lowest BCUT2D eigenvalue weighted by Gasteiger charge is -2.16. The predicted octanol–water partition coefficient (Wildman–Crippen LogP) is 2.08. The van der Waals surface area contributed by atoms with Crippen LogP contribution in [0, 0.1) is 12.3 Å². The first-order valence-electron chi connectivity index (χ1n) is 7.40. The summed E-state index contributed by atoms with van der Waals surface area (Å²) in [7, 11) is 0. The van der Waals surface area contributed by atoms with Gasteiger partial charge in [-0.1, -0.05) is 42.3 Å². The Morgan fingerprint density at radius 2 is 2.04 bits per heavy atom. The van der Waals surface area contributed by atoms with E-state index in [0.717, 1.165) is 5.56 Å². The van der Waals surface area contributed by atoms with Crippen LogP contribution in [-0.2, 0) is 11.2 Å². The number of terminal acetylenes is 1. The van der Waals surface area contributed by atoms with Gasteiger partial charge in [-0.25, -0.2) is 4.68 Å². The fourth-order valence-electron chi connectivity index (χ4n) is 2.37. The number of hydrogen-bond acceptors (Lipinski definition) is 4. The molecule has 6 nitrogen and oxygen atoms in total. The van der Waals surface area contributed by atoms with Crippen LogP contribution in [0.2, 0.25) is 0 Å². The molecule has 0 saturated heterocycles. The van der Waals surface area contributed by atoms with E-state index in [9.17, 15) is 4.79 Å². The number of hydrogen-bond donors (Lipinski definition) is 1. The minimum absolute atomic E-state index is 0.208. The molecular weight excluding hydrogens is 302 g/mol. The van der Waals surface area contributed by atoms with E-state index >= 15 is 0 Å². The third-order valence-electron chi connectivity index (χ3n) is 3.56. The molecule has 0 radical (unpaired) electrons. The first-order chi connectivity index (χ1) is 11.8. The van der Waals surface area contributed by atoms with Gasteiger partial charge in [0.1, 0.15) is 12.4 Å². The van der Waals surface area contributed by atoms with Crippen LogP contribution in [0.4, 0.5) is 5.69 Å². The summed E-state index contributed by atoms with van der Waals surface area (Å²) < 4.78 is 1.45. The third kappa shape index (κ3) is 3.65. The summed E-state index contributed by atoms with van der Waals surface area (Å²) in [6.07, 6.45) is 7.31. The summed E-state index contributed by atoms with van der Waals surface area (Å²) in [5.41, 5.74) is 2.36. The van der Waals surface area contributed by atoms with Crippen molar-refractivity contribution in [3.05, 3.63) is 72.1 Å². The number of amides is 1. The second-order valence-corrected chi connectivity index (χ2v) is 5.21. The summed E-state index contributed by atoms with van der Waals surface area (Å²) in [5.74, 6) is 2.34. The molecule has 0 aliphatic carbocycles. The highest BCUT2D eigenvalue weighted by Crippen LogP contribution is 2.17. The molecule has 0 spiro atoms. The molecule has 0 aliphatic heterocycles. The van der Waals surface area contributed by atoms with Crippen LogP contribution in [0.3, 0.4) is 0 Å². The van der Waals surface area contributed by atoms with Crippen molar-refractivity contribution in [2.75, 3.05) is 5.32 Å². The first-order valence-corrected chi connectivity index (χ1v) is 7.40. The normalized spacial score (nSPS) is 11.5. The van der Waals surface area contributed by atoms with Crippen molar-refractivity contribution in [3.8, 4) is 12.3 Å². The van der Waals surface area contributed by atoms with Gasteiger partial charge >= 0.3 is 0 Å². The van der Waals surface area contributed by atoms with E-state index < -0.39 is 6.04 Å². The van der Waals surface area contributed by atoms with Crippen molar-refractivity contribution < 1.29 is 4.79 Å². The van der Waals surface area contributed by atoms with Crippen LogP contribution in [0.5, 0.6) is 0 Å². The number of benzene rings is 2. The molecule has 1 N–H and O–H groups in total. The zero-order valence-electron chi connectivity index (χ0n) is 12.8. The van der Waals surface area contributed by atoms with Gasteiger partial charge in [-0.15, -0.1) is 11.5 Å². The highest BCUT2D eigenvalue weighted by atomic mass is 16.2. The quantitative estimate of drug-likeness (QED) is 0.731. The van der Waals surface area contributed by atoms with E-state index in [2.05, 4.69) is 26.8 Å². The minimum atomic E-state index is -0.558. The molecule has 1 aromatic heterocycles. The molecular formula is C18H15N5O. The molecule has 0 bridgehead atoms. The van der Waals surface area contributed by atoms with E-state index in [-0.39, 0.29) is 5.91 Å². The minimum Gasteiger partial charge on any atom is -0.324 e. The Morgan fingerprint density at radius 3 is 2.75 bits per heavy atom. The van der Waals surface area contributed by atoms with Crippen LogP contribution in [-0.4, -0.2) is 26.1 Å². The lowest BCUT2D eigenvalue weighted by atomic mass is 10.1. The van der Waals surface area contributed by atoms with Crippen LogP contribution in [0.15, 0.2) is 60.9 Å². The number of rotatable bonds is 5. The Labute approximate surface area is 139 Å². The molecule has 1 heterocycles. The van der Waals surface area contributed by atoms with E-state index in [1.54, 1.807) is 24.3 Å². The Kier molecular flexibility index (Phi) is 4.63. The van der Waals surface area contributed by atoms with Gasteiger partial charge in [0, 0.05) is 17.7 Å². The second kappa shape index (κ2) is 7.20. The molecule has 0 saturated carbocycles. The fraction of sp³-hybridized carbons (Fsp3) is 0.111. The standard InChI is InChI=1S/C18H15N5O/c1-2-14-9-6-10-16(11-14)20-18(24)17(23-13-19-21-22-23)12-15-7-4-3-5-8-15/h1,3-11,13,17H,12H2,(H,20,24). The van der Waals surface area contributed by atoms with Crippen molar-refractivity contribution in [2.24, 2.45) is 0 Å². The van der Waals surface area contributed by atoms with Gasteiger partial charge in [0.15, 0.2) is 0 Å². The number of aromatic nitrogens is 4. The number of anilines is 1. The van der Waals surface area contributed by atoms with Gasteiger partial charge in [0.2, 0.25) is 5.91 Å². The Morgan fingerprint density at radius 1 is 1.21 bits per heavy atom. The zero-order valence-corrected chi connectivity index (χ0v) is 12.8. The summed E-state index contributed by atoms with van der Waals surface area (Å²) in [6.45, 7) is 0. The lowest BCUT2D eigenvalue weighted by molar-refractivity contribution is -0.119. The summed E-state index contributed by atoms with van der Waals surface area (Å²) in [5, 5.41) is 14.0. The molecule has 2 aromatic carbocycles. The summed E-state index contributed by atoms with van der Waals surface area (Å²) >= 11 is 0. The van der Waals surface area contributed by atoms with E-state index in [1.807, 2.05) is 30.3 Å². The molecule has 118 valence electrons. The maximum atomic E-state index is 12.7. The topological polar surface area (TPSA) is 72.7 Å². The number of tetrazole rings is 1.